The van der Waals surface area contributed by atoms with Gasteiger partial charge >= 0.3 is 12.0 Å². The fourth-order valence-electron chi connectivity index (χ4n) is 1.46. The van der Waals surface area contributed by atoms with E-state index in [1.54, 1.807) is 7.05 Å². The molecule has 0 bridgehead atoms. The zero-order valence-corrected chi connectivity index (χ0v) is 12.9. The van der Waals surface area contributed by atoms with Gasteiger partial charge in [-0.2, -0.15) is 0 Å². The van der Waals surface area contributed by atoms with Crippen molar-refractivity contribution in [3.63, 3.8) is 0 Å². The van der Waals surface area contributed by atoms with Crippen LogP contribution in [0.25, 0.3) is 0 Å². The average Bonchev–Trinajstić information content (AvgIpc) is 2.26. The molecule has 0 aromatic carbocycles. The number of nitrogens with one attached hydrogen (secondary N) is 1. The Hall–Kier alpha value is -1.63. The van der Waals surface area contributed by atoms with E-state index in [2.05, 4.69) is 5.32 Å². The third kappa shape index (κ3) is 7.08. The molecule has 0 aliphatic rings. The van der Waals surface area contributed by atoms with Gasteiger partial charge in [-0.25, -0.2) is 4.79 Å². The highest BCUT2D eigenvalue weighted by Crippen LogP contribution is 2.19. The fourth-order valence-corrected chi connectivity index (χ4v) is 1.46. The monoisotopic (exact) mass is 287 g/mol. The van der Waals surface area contributed by atoms with E-state index >= 15 is 0 Å². The predicted octanol–water partition coefficient (Wildman–Crippen LogP) is 0.607. The third-order valence-electron chi connectivity index (χ3n) is 2.87. The van der Waals surface area contributed by atoms with Crippen LogP contribution in [0, 0.1) is 5.41 Å². The Morgan fingerprint density at radius 2 is 1.65 bits per heavy atom. The van der Waals surface area contributed by atoms with Gasteiger partial charge in [0.25, 0.3) is 0 Å². The Labute approximate surface area is 119 Å². The maximum Gasteiger partial charge on any atom is 0.323 e. The van der Waals surface area contributed by atoms with Crippen LogP contribution in [0.15, 0.2) is 0 Å². The SMILES string of the molecule is CN(C)CCCN(C)C(=O)NC(=O)CC(C)(C)C(=O)O. The molecule has 0 unspecified atom stereocenters. The number of hydrogen-bond acceptors (Lipinski definition) is 4. The second kappa shape index (κ2) is 7.84. The van der Waals surface area contributed by atoms with E-state index in [1.165, 1.54) is 18.7 Å². The first-order valence-electron chi connectivity index (χ1n) is 6.49. The Bertz CT molecular complexity index is 367. The Morgan fingerprint density at radius 1 is 1.10 bits per heavy atom. The van der Waals surface area contributed by atoms with Crippen LogP contribution in [-0.4, -0.2) is 67.0 Å². The van der Waals surface area contributed by atoms with E-state index < -0.39 is 23.3 Å². The lowest BCUT2D eigenvalue weighted by Gasteiger charge is -2.21. The number of aliphatic carboxylic acids is 1. The van der Waals surface area contributed by atoms with Crippen molar-refractivity contribution in [2.75, 3.05) is 34.2 Å². The first kappa shape index (κ1) is 18.4. The third-order valence-corrected chi connectivity index (χ3v) is 2.87. The minimum atomic E-state index is -1.19. The van der Waals surface area contributed by atoms with Crippen LogP contribution >= 0.6 is 0 Å². The van der Waals surface area contributed by atoms with Crippen LogP contribution in [-0.2, 0) is 9.59 Å². The topological polar surface area (TPSA) is 90.0 Å². The standard InChI is InChI=1S/C13H25N3O4/c1-13(2,11(18)19)9-10(17)14-12(20)16(5)8-6-7-15(3)4/h6-9H2,1-5H3,(H,18,19)(H,14,17,20). The summed E-state index contributed by atoms with van der Waals surface area (Å²) in [5.41, 5.74) is -1.19. The van der Waals surface area contributed by atoms with Gasteiger partial charge in [0.2, 0.25) is 5.91 Å². The number of hydrogen-bond donors (Lipinski definition) is 2. The normalized spacial score (nSPS) is 11.3. The van der Waals surface area contributed by atoms with Crippen molar-refractivity contribution in [2.24, 2.45) is 5.41 Å². The zero-order valence-electron chi connectivity index (χ0n) is 12.9. The molecule has 0 aliphatic carbocycles. The number of carbonyl (C=O) groups excluding carboxylic acids is 2. The number of imide groups is 1. The number of carboxylic acids is 1. The minimum absolute atomic E-state index is 0.236. The van der Waals surface area contributed by atoms with Gasteiger partial charge in [0.1, 0.15) is 0 Å². The fraction of sp³-hybridized carbons (Fsp3) is 0.769. The van der Waals surface area contributed by atoms with E-state index in [0.29, 0.717) is 6.54 Å². The molecule has 0 saturated heterocycles. The molecular formula is C13H25N3O4. The lowest BCUT2D eigenvalue weighted by Crippen LogP contribution is -2.43. The van der Waals surface area contributed by atoms with E-state index in [0.717, 1.165) is 13.0 Å². The van der Waals surface area contributed by atoms with Gasteiger partial charge in [-0.3, -0.25) is 14.9 Å². The van der Waals surface area contributed by atoms with Gasteiger partial charge in [-0.1, -0.05) is 0 Å². The molecule has 116 valence electrons. The maximum atomic E-state index is 11.7. The second-order valence-electron chi connectivity index (χ2n) is 5.80. The van der Waals surface area contributed by atoms with Crippen molar-refractivity contribution in [1.29, 1.82) is 0 Å². The van der Waals surface area contributed by atoms with Gasteiger partial charge in [0.15, 0.2) is 0 Å². The molecule has 0 rings (SSSR count). The van der Waals surface area contributed by atoms with Gasteiger partial charge in [0.05, 0.1) is 5.41 Å². The van der Waals surface area contributed by atoms with Gasteiger partial charge < -0.3 is 14.9 Å². The summed E-state index contributed by atoms with van der Waals surface area (Å²) < 4.78 is 0. The minimum Gasteiger partial charge on any atom is -0.481 e. The van der Waals surface area contributed by atoms with Gasteiger partial charge in [-0.15, -0.1) is 0 Å². The van der Waals surface area contributed by atoms with Crippen LogP contribution < -0.4 is 5.32 Å². The van der Waals surface area contributed by atoms with Crippen LogP contribution in [0.2, 0.25) is 0 Å². The molecule has 20 heavy (non-hydrogen) atoms. The molecule has 7 heteroatoms. The summed E-state index contributed by atoms with van der Waals surface area (Å²) in [4.78, 5) is 37.7. The van der Waals surface area contributed by atoms with E-state index in [1.807, 2.05) is 19.0 Å². The van der Waals surface area contributed by atoms with Crippen LogP contribution in [0.1, 0.15) is 26.7 Å². The van der Waals surface area contributed by atoms with Crippen LogP contribution in [0.3, 0.4) is 0 Å². The van der Waals surface area contributed by atoms with Crippen LogP contribution in [0.5, 0.6) is 0 Å². The average molecular weight is 287 g/mol. The van der Waals surface area contributed by atoms with Gasteiger partial charge in [-0.05, 0) is 40.9 Å². The molecule has 3 amide bonds. The van der Waals surface area contributed by atoms with Crippen LogP contribution in [0.4, 0.5) is 4.79 Å². The van der Waals surface area contributed by atoms with Crippen molar-refractivity contribution < 1.29 is 19.5 Å². The Balaban J connectivity index is 4.19. The molecule has 0 saturated carbocycles. The summed E-state index contributed by atoms with van der Waals surface area (Å²) in [6.07, 6.45) is 0.561. The van der Waals surface area contributed by atoms with E-state index in [-0.39, 0.29) is 6.42 Å². The highest BCUT2D eigenvalue weighted by Gasteiger charge is 2.30. The second-order valence-corrected chi connectivity index (χ2v) is 5.80. The number of carboxylic acid groups (broad SMARTS) is 1. The summed E-state index contributed by atoms with van der Waals surface area (Å²) in [5.74, 6) is -1.65. The molecular weight excluding hydrogens is 262 g/mol. The molecule has 0 spiro atoms. The summed E-state index contributed by atoms with van der Waals surface area (Å²) in [6.45, 7) is 4.26. The predicted molar refractivity (Wildman–Crippen MR) is 75.4 cm³/mol. The highest BCUT2D eigenvalue weighted by molar-refractivity contribution is 5.96. The largest absolute Gasteiger partial charge is 0.481 e. The number of urea groups is 1. The lowest BCUT2D eigenvalue weighted by atomic mass is 9.89. The van der Waals surface area contributed by atoms with E-state index in [4.69, 9.17) is 5.11 Å². The van der Waals surface area contributed by atoms with Crippen molar-refractivity contribution in [2.45, 2.75) is 26.7 Å². The number of nitrogens with zero attached hydrogens (tertiary/aromatic N) is 2. The molecule has 7 nitrogen and oxygen atoms in total. The Kier molecular flexibility index (Phi) is 7.20. The molecule has 0 aliphatic heterocycles. The van der Waals surface area contributed by atoms with Gasteiger partial charge in [0, 0.05) is 20.0 Å². The number of carbonyl (C=O) groups is 3. The maximum absolute atomic E-state index is 11.7. The van der Waals surface area contributed by atoms with Crippen molar-refractivity contribution in [3.05, 3.63) is 0 Å². The summed E-state index contributed by atoms with van der Waals surface area (Å²) in [6, 6.07) is -0.505. The molecule has 0 atom stereocenters. The first-order chi connectivity index (χ1) is 9.06. The van der Waals surface area contributed by atoms with Crippen molar-refractivity contribution >= 4 is 17.9 Å². The molecule has 0 aromatic heterocycles. The van der Waals surface area contributed by atoms with Crippen molar-refractivity contribution in [3.8, 4) is 0 Å². The Morgan fingerprint density at radius 3 is 2.10 bits per heavy atom. The first-order valence-corrected chi connectivity index (χ1v) is 6.49. The number of amides is 3. The quantitative estimate of drug-likeness (QED) is 0.716. The summed E-state index contributed by atoms with van der Waals surface area (Å²) in [7, 11) is 5.48. The van der Waals surface area contributed by atoms with E-state index in [9.17, 15) is 14.4 Å². The summed E-state index contributed by atoms with van der Waals surface area (Å²) >= 11 is 0. The number of rotatable bonds is 7. The molecule has 0 radical (unpaired) electrons. The highest BCUT2D eigenvalue weighted by atomic mass is 16.4. The molecule has 0 aromatic rings. The van der Waals surface area contributed by atoms with Crippen molar-refractivity contribution in [1.82, 2.24) is 15.1 Å². The smallest absolute Gasteiger partial charge is 0.323 e. The molecule has 0 fully saturated rings. The molecule has 2 N–H and O–H groups in total. The lowest BCUT2D eigenvalue weighted by molar-refractivity contribution is -0.149. The molecule has 0 heterocycles. The zero-order chi connectivity index (χ0) is 15.9. The summed E-state index contributed by atoms with van der Waals surface area (Å²) in [5, 5.41) is 11.1.